The number of thiophene rings is 1. The summed E-state index contributed by atoms with van der Waals surface area (Å²) in [5, 5.41) is 11.5. The van der Waals surface area contributed by atoms with E-state index < -0.39 is 4.92 Å². The van der Waals surface area contributed by atoms with Gasteiger partial charge in [-0.25, -0.2) is 4.98 Å². The molecule has 3 rings (SSSR count). The number of nitrogens with zero attached hydrogens (tertiary/aromatic N) is 4. The molecule has 164 valence electrons. The molecule has 8 nitrogen and oxygen atoms in total. The average molecular weight is 461 g/mol. The molecule has 0 saturated heterocycles. The molecule has 0 atom stereocenters. The van der Waals surface area contributed by atoms with Crippen molar-refractivity contribution in [2.24, 2.45) is 0 Å². The summed E-state index contributed by atoms with van der Waals surface area (Å²) < 4.78 is 6.24. The van der Waals surface area contributed by atoms with Crippen LogP contribution >= 0.6 is 22.7 Å². The van der Waals surface area contributed by atoms with Crippen LogP contribution in [0.1, 0.15) is 18.7 Å². The van der Waals surface area contributed by atoms with E-state index in [4.69, 9.17) is 4.74 Å². The average Bonchev–Trinajstić information content (AvgIpc) is 3.41. The van der Waals surface area contributed by atoms with Crippen molar-refractivity contribution in [2.45, 2.75) is 13.8 Å². The molecule has 0 aliphatic carbocycles. The molecule has 0 saturated carbocycles. The molecule has 1 aromatic carbocycles. The predicted molar refractivity (Wildman–Crippen MR) is 126 cm³/mol. The Kier molecular flexibility index (Phi) is 7.72. The normalized spacial score (nSPS) is 11.5. The zero-order chi connectivity index (χ0) is 22.4. The van der Waals surface area contributed by atoms with Crippen LogP contribution < -0.4 is 9.64 Å². The number of amides is 1. The van der Waals surface area contributed by atoms with Gasteiger partial charge in [-0.2, -0.15) is 0 Å². The third kappa shape index (κ3) is 5.66. The Bertz CT molecular complexity index is 1090. The quantitative estimate of drug-likeness (QED) is 0.248. The number of rotatable bonds is 10. The summed E-state index contributed by atoms with van der Waals surface area (Å²) in [6, 6.07) is 8.73. The molecular weight excluding hydrogens is 436 g/mol. The third-order valence-corrected chi connectivity index (χ3v) is 6.86. The van der Waals surface area contributed by atoms with Crippen molar-refractivity contribution in [1.29, 1.82) is 0 Å². The van der Waals surface area contributed by atoms with Gasteiger partial charge in [0.15, 0.2) is 5.13 Å². The van der Waals surface area contributed by atoms with E-state index in [0.717, 1.165) is 41.2 Å². The van der Waals surface area contributed by atoms with Crippen LogP contribution in [0, 0.1) is 10.1 Å². The van der Waals surface area contributed by atoms with E-state index in [9.17, 15) is 14.9 Å². The number of hydrogen-bond acceptors (Lipinski definition) is 8. The second kappa shape index (κ2) is 10.5. The Labute approximate surface area is 188 Å². The first-order valence-electron chi connectivity index (χ1n) is 9.85. The number of thiazole rings is 1. The molecule has 0 bridgehead atoms. The molecule has 0 radical (unpaired) electrons. The lowest BCUT2D eigenvalue weighted by Crippen LogP contribution is -2.38. The summed E-state index contributed by atoms with van der Waals surface area (Å²) >= 11 is 2.48. The third-order valence-electron chi connectivity index (χ3n) is 4.80. The van der Waals surface area contributed by atoms with Gasteiger partial charge in [0.1, 0.15) is 5.75 Å². The van der Waals surface area contributed by atoms with Crippen LogP contribution in [0.3, 0.4) is 0 Å². The van der Waals surface area contributed by atoms with Crippen molar-refractivity contribution in [3.63, 3.8) is 0 Å². The van der Waals surface area contributed by atoms with Gasteiger partial charge in [0.05, 0.1) is 22.2 Å². The number of hydrogen-bond donors (Lipinski definition) is 0. The Morgan fingerprint density at radius 2 is 1.97 bits per heavy atom. The Morgan fingerprint density at radius 1 is 1.19 bits per heavy atom. The summed E-state index contributed by atoms with van der Waals surface area (Å²) in [4.78, 5) is 32.7. The molecule has 0 aliphatic rings. The summed E-state index contributed by atoms with van der Waals surface area (Å²) in [7, 11) is 1.61. The Morgan fingerprint density at radius 3 is 2.61 bits per heavy atom. The van der Waals surface area contributed by atoms with Gasteiger partial charge in [-0.3, -0.25) is 19.8 Å². The molecule has 3 aromatic rings. The minimum absolute atomic E-state index is 0.0469. The molecule has 2 heterocycles. The second-order valence-corrected chi connectivity index (χ2v) is 8.72. The summed E-state index contributed by atoms with van der Waals surface area (Å²) in [6.45, 7) is 7.17. The minimum atomic E-state index is -0.435. The Hall–Kier alpha value is -2.82. The van der Waals surface area contributed by atoms with Crippen LogP contribution in [0.4, 0.5) is 10.1 Å². The highest BCUT2D eigenvalue weighted by atomic mass is 32.1. The number of carbonyl (C=O) groups is 1. The molecule has 1 amide bonds. The molecule has 0 spiro atoms. The first-order chi connectivity index (χ1) is 14.9. The number of fused-ring (bicyclic) bond motifs is 1. The molecule has 0 unspecified atom stereocenters. The number of ether oxygens (including phenoxy) is 1. The van der Waals surface area contributed by atoms with E-state index in [0.29, 0.717) is 22.3 Å². The van der Waals surface area contributed by atoms with E-state index in [1.54, 1.807) is 24.2 Å². The van der Waals surface area contributed by atoms with Gasteiger partial charge >= 0.3 is 5.00 Å². The molecular formula is C21H24N4O4S2. The van der Waals surface area contributed by atoms with Crippen molar-refractivity contribution in [1.82, 2.24) is 9.88 Å². The summed E-state index contributed by atoms with van der Waals surface area (Å²) in [6.07, 6.45) is 3.06. The standard InChI is InChI=1S/C21H24N4O4S2/c1-4-23(5-2)12-13-24(19(26)10-7-16-8-11-20(30-16)25(27)28)21-22-17-14-15(29-3)6-9-18(17)31-21/h6-11,14H,4-5,12-13H2,1-3H3/b10-7+. The summed E-state index contributed by atoms with van der Waals surface area (Å²) in [5.74, 6) is 0.499. The van der Waals surface area contributed by atoms with Crippen molar-refractivity contribution < 1.29 is 14.5 Å². The Balaban J connectivity index is 1.86. The lowest BCUT2D eigenvalue weighted by Gasteiger charge is -2.23. The number of likely N-dealkylation sites (N-methyl/N-ethyl adjacent to an activating group) is 1. The van der Waals surface area contributed by atoms with Crippen molar-refractivity contribution in [3.8, 4) is 5.75 Å². The topological polar surface area (TPSA) is 88.8 Å². The maximum absolute atomic E-state index is 13.1. The van der Waals surface area contributed by atoms with E-state index in [2.05, 4.69) is 23.7 Å². The zero-order valence-corrected chi connectivity index (χ0v) is 19.2. The number of anilines is 1. The number of methoxy groups -OCH3 is 1. The zero-order valence-electron chi connectivity index (χ0n) is 17.6. The minimum Gasteiger partial charge on any atom is -0.497 e. The lowest BCUT2D eigenvalue weighted by atomic mass is 10.3. The second-order valence-electron chi connectivity index (χ2n) is 6.61. The lowest BCUT2D eigenvalue weighted by molar-refractivity contribution is -0.380. The fraction of sp³-hybridized carbons (Fsp3) is 0.333. The van der Waals surface area contributed by atoms with Gasteiger partial charge < -0.3 is 9.64 Å². The molecule has 31 heavy (non-hydrogen) atoms. The molecule has 2 aromatic heterocycles. The van der Waals surface area contributed by atoms with Crippen molar-refractivity contribution >= 4 is 55.0 Å². The van der Waals surface area contributed by atoms with Gasteiger partial charge in [0.2, 0.25) is 0 Å². The maximum atomic E-state index is 13.1. The smallest absolute Gasteiger partial charge is 0.324 e. The van der Waals surface area contributed by atoms with Gasteiger partial charge in [-0.05, 0) is 37.4 Å². The SMILES string of the molecule is CCN(CC)CCN(C(=O)/C=C/c1ccc([N+](=O)[O-])s1)c1nc2cc(OC)ccc2s1. The van der Waals surface area contributed by atoms with Crippen LogP contribution in [0.2, 0.25) is 0 Å². The number of benzene rings is 1. The molecule has 0 N–H and O–H groups in total. The molecule has 10 heteroatoms. The monoisotopic (exact) mass is 460 g/mol. The first kappa shape index (κ1) is 22.9. The summed E-state index contributed by atoms with van der Waals surface area (Å²) in [5.41, 5.74) is 0.776. The van der Waals surface area contributed by atoms with Crippen LogP contribution in [-0.4, -0.2) is 54.0 Å². The van der Waals surface area contributed by atoms with Crippen LogP contribution in [0.15, 0.2) is 36.4 Å². The highest BCUT2D eigenvalue weighted by Crippen LogP contribution is 2.31. The fourth-order valence-electron chi connectivity index (χ4n) is 2.99. The van der Waals surface area contributed by atoms with Crippen LogP contribution in [0.5, 0.6) is 5.75 Å². The molecule has 0 fully saturated rings. The molecule has 0 aliphatic heterocycles. The highest BCUT2D eigenvalue weighted by molar-refractivity contribution is 7.22. The highest BCUT2D eigenvalue weighted by Gasteiger charge is 2.19. The largest absolute Gasteiger partial charge is 0.497 e. The van der Waals surface area contributed by atoms with Crippen LogP contribution in [0.25, 0.3) is 16.3 Å². The van der Waals surface area contributed by atoms with Gasteiger partial charge in [0.25, 0.3) is 5.91 Å². The van der Waals surface area contributed by atoms with E-state index in [-0.39, 0.29) is 10.9 Å². The number of nitro groups is 1. The maximum Gasteiger partial charge on any atom is 0.324 e. The first-order valence-corrected chi connectivity index (χ1v) is 11.5. The van der Waals surface area contributed by atoms with Gasteiger partial charge in [0, 0.05) is 36.2 Å². The number of aromatic nitrogens is 1. The van der Waals surface area contributed by atoms with E-state index in [1.165, 1.54) is 23.5 Å². The van der Waals surface area contributed by atoms with Gasteiger partial charge in [-0.1, -0.05) is 36.5 Å². The number of carbonyl (C=O) groups excluding carboxylic acids is 1. The van der Waals surface area contributed by atoms with E-state index in [1.807, 2.05) is 18.2 Å². The predicted octanol–water partition coefficient (Wildman–Crippen LogP) is 4.66. The fourth-order valence-corrected chi connectivity index (χ4v) is 4.69. The van der Waals surface area contributed by atoms with Crippen molar-refractivity contribution in [2.75, 3.05) is 38.2 Å². The van der Waals surface area contributed by atoms with Crippen LogP contribution in [-0.2, 0) is 4.79 Å². The van der Waals surface area contributed by atoms with Crippen molar-refractivity contribution in [3.05, 3.63) is 51.4 Å². The van der Waals surface area contributed by atoms with E-state index >= 15 is 0 Å². The van der Waals surface area contributed by atoms with Gasteiger partial charge in [-0.15, -0.1) is 0 Å².